The number of imide groups is 1. The van der Waals surface area contributed by atoms with Crippen molar-refractivity contribution in [1.82, 2.24) is 5.32 Å². The number of nitrogens with one attached hydrogen (secondary N) is 1. The molecule has 1 fully saturated rings. The number of carbonyl (C=O) groups excluding carboxylic acids is 2. The van der Waals surface area contributed by atoms with Gasteiger partial charge in [0.1, 0.15) is 5.70 Å². The smallest absolute Gasteiger partial charge is 0.302 e. The van der Waals surface area contributed by atoms with Crippen molar-refractivity contribution >= 4 is 46.9 Å². The van der Waals surface area contributed by atoms with Crippen molar-refractivity contribution in [2.24, 2.45) is 0 Å². The molecular weight excluding hydrogens is 323 g/mol. The van der Waals surface area contributed by atoms with Gasteiger partial charge in [0.2, 0.25) is 0 Å². The standard InChI is InChI=1S/C16H10Cl2N2O2/c17-11-3-1-10(2-4-11)9-14-15(21)20(16(22)19-14)13-7-5-12(18)6-8-13/h1-9H,(H,19,22)/b14-9+. The molecular formula is C16H10Cl2N2O2. The average Bonchev–Trinajstić information content (AvgIpc) is 2.77. The first kappa shape index (κ1) is 14.6. The van der Waals surface area contributed by atoms with E-state index in [-0.39, 0.29) is 5.70 Å². The van der Waals surface area contributed by atoms with Gasteiger partial charge >= 0.3 is 6.03 Å². The van der Waals surface area contributed by atoms with Crippen LogP contribution in [0.4, 0.5) is 10.5 Å². The summed E-state index contributed by atoms with van der Waals surface area (Å²) >= 11 is 11.6. The van der Waals surface area contributed by atoms with Gasteiger partial charge in [-0.15, -0.1) is 0 Å². The lowest BCUT2D eigenvalue weighted by Crippen LogP contribution is -2.30. The van der Waals surface area contributed by atoms with Crippen LogP contribution >= 0.6 is 23.2 Å². The number of halogens is 2. The Labute approximate surface area is 136 Å². The number of rotatable bonds is 2. The number of amides is 3. The molecule has 1 aliphatic rings. The zero-order chi connectivity index (χ0) is 15.7. The normalized spacial score (nSPS) is 16.3. The third-order valence-electron chi connectivity index (χ3n) is 3.14. The number of urea groups is 1. The first-order valence-electron chi connectivity index (χ1n) is 6.43. The van der Waals surface area contributed by atoms with Crippen LogP contribution in [0.15, 0.2) is 54.2 Å². The number of anilines is 1. The van der Waals surface area contributed by atoms with E-state index in [0.717, 1.165) is 10.5 Å². The number of nitrogens with zero attached hydrogens (tertiary/aromatic N) is 1. The van der Waals surface area contributed by atoms with Gasteiger partial charge in [0, 0.05) is 10.0 Å². The number of hydrogen-bond acceptors (Lipinski definition) is 2. The van der Waals surface area contributed by atoms with Gasteiger partial charge < -0.3 is 5.32 Å². The molecule has 110 valence electrons. The van der Waals surface area contributed by atoms with Crippen molar-refractivity contribution in [3.05, 3.63) is 69.8 Å². The van der Waals surface area contributed by atoms with Crippen molar-refractivity contribution in [2.75, 3.05) is 4.90 Å². The molecule has 0 unspecified atom stereocenters. The predicted molar refractivity (Wildman–Crippen MR) is 86.9 cm³/mol. The molecule has 22 heavy (non-hydrogen) atoms. The zero-order valence-corrected chi connectivity index (χ0v) is 12.7. The molecule has 2 aromatic rings. The highest BCUT2D eigenvalue weighted by molar-refractivity contribution is 6.31. The van der Waals surface area contributed by atoms with Crippen LogP contribution in [-0.4, -0.2) is 11.9 Å². The summed E-state index contributed by atoms with van der Waals surface area (Å²) in [6.07, 6.45) is 1.60. The van der Waals surface area contributed by atoms with E-state index in [1.165, 1.54) is 0 Å². The average molecular weight is 333 g/mol. The van der Waals surface area contributed by atoms with E-state index in [4.69, 9.17) is 23.2 Å². The van der Waals surface area contributed by atoms with Crippen LogP contribution in [0.25, 0.3) is 6.08 Å². The van der Waals surface area contributed by atoms with Gasteiger partial charge in [-0.1, -0.05) is 35.3 Å². The lowest BCUT2D eigenvalue weighted by atomic mass is 10.2. The molecule has 3 amide bonds. The van der Waals surface area contributed by atoms with Gasteiger partial charge in [-0.25, -0.2) is 9.69 Å². The van der Waals surface area contributed by atoms with E-state index in [1.54, 1.807) is 54.6 Å². The highest BCUT2D eigenvalue weighted by Crippen LogP contribution is 2.24. The lowest BCUT2D eigenvalue weighted by molar-refractivity contribution is -0.113. The SMILES string of the molecule is O=C1N/C(=C/c2ccc(Cl)cc2)C(=O)N1c1ccc(Cl)cc1. The molecule has 1 saturated heterocycles. The highest BCUT2D eigenvalue weighted by Gasteiger charge is 2.34. The molecule has 0 aromatic heterocycles. The summed E-state index contributed by atoms with van der Waals surface area (Å²) in [5.74, 6) is -0.415. The minimum absolute atomic E-state index is 0.210. The maximum absolute atomic E-state index is 12.4. The molecule has 1 N–H and O–H groups in total. The van der Waals surface area contributed by atoms with E-state index < -0.39 is 11.9 Å². The fourth-order valence-corrected chi connectivity index (χ4v) is 2.34. The van der Waals surface area contributed by atoms with Crippen molar-refractivity contribution < 1.29 is 9.59 Å². The number of carbonyl (C=O) groups is 2. The monoisotopic (exact) mass is 332 g/mol. The molecule has 1 heterocycles. The predicted octanol–water partition coefficient (Wildman–Crippen LogP) is 4.09. The van der Waals surface area contributed by atoms with Crippen molar-refractivity contribution in [1.29, 1.82) is 0 Å². The Morgan fingerprint density at radius 1 is 0.864 bits per heavy atom. The maximum Gasteiger partial charge on any atom is 0.333 e. The minimum atomic E-state index is -0.493. The summed E-state index contributed by atoms with van der Waals surface area (Å²) in [7, 11) is 0. The Kier molecular flexibility index (Phi) is 3.88. The summed E-state index contributed by atoms with van der Waals surface area (Å²) in [5, 5.41) is 3.70. The minimum Gasteiger partial charge on any atom is -0.302 e. The van der Waals surface area contributed by atoms with E-state index in [0.29, 0.717) is 15.7 Å². The molecule has 0 bridgehead atoms. The first-order valence-corrected chi connectivity index (χ1v) is 7.18. The molecule has 0 radical (unpaired) electrons. The summed E-state index contributed by atoms with van der Waals surface area (Å²) in [6, 6.07) is 12.9. The van der Waals surface area contributed by atoms with Crippen molar-refractivity contribution in [3.63, 3.8) is 0 Å². The van der Waals surface area contributed by atoms with Gasteiger partial charge in [-0.05, 0) is 48.0 Å². The van der Waals surface area contributed by atoms with Gasteiger partial charge in [0.05, 0.1) is 5.69 Å². The zero-order valence-electron chi connectivity index (χ0n) is 11.2. The Morgan fingerprint density at radius 2 is 1.41 bits per heavy atom. The first-order chi connectivity index (χ1) is 10.5. The van der Waals surface area contributed by atoms with Crippen LogP contribution in [0.3, 0.4) is 0 Å². The summed E-state index contributed by atoms with van der Waals surface area (Å²) in [5.41, 5.74) is 1.44. The second-order valence-corrected chi connectivity index (χ2v) is 5.53. The Hall–Kier alpha value is -2.30. The maximum atomic E-state index is 12.4. The van der Waals surface area contributed by atoms with E-state index >= 15 is 0 Å². The van der Waals surface area contributed by atoms with Gasteiger partial charge in [0.25, 0.3) is 5.91 Å². The van der Waals surface area contributed by atoms with Gasteiger partial charge in [-0.3, -0.25) is 4.79 Å². The largest absolute Gasteiger partial charge is 0.333 e. The molecule has 3 rings (SSSR count). The van der Waals surface area contributed by atoms with Crippen LogP contribution in [0, 0.1) is 0 Å². The number of hydrogen-bond donors (Lipinski definition) is 1. The highest BCUT2D eigenvalue weighted by atomic mass is 35.5. The molecule has 0 spiro atoms. The Balaban J connectivity index is 1.91. The third-order valence-corrected chi connectivity index (χ3v) is 3.65. The second-order valence-electron chi connectivity index (χ2n) is 4.66. The second kappa shape index (κ2) is 5.83. The molecule has 0 atom stereocenters. The van der Waals surface area contributed by atoms with Crippen LogP contribution in [-0.2, 0) is 4.79 Å². The third kappa shape index (κ3) is 2.84. The Bertz CT molecular complexity index is 768. The fourth-order valence-electron chi connectivity index (χ4n) is 2.09. The number of benzene rings is 2. The summed E-state index contributed by atoms with van der Waals surface area (Å²) in [6.45, 7) is 0. The summed E-state index contributed by atoms with van der Waals surface area (Å²) in [4.78, 5) is 25.5. The molecule has 1 aliphatic heterocycles. The topological polar surface area (TPSA) is 49.4 Å². The van der Waals surface area contributed by atoms with Crippen LogP contribution in [0.2, 0.25) is 10.0 Å². The van der Waals surface area contributed by atoms with Gasteiger partial charge in [0.15, 0.2) is 0 Å². The van der Waals surface area contributed by atoms with Crippen molar-refractivity contribution in [2.45, 2.75) is 0 Å². The van der Waals surface area contributed by atoms with Gasteiger partial charge in [-0.2, -0.15) is 0 Å². The summed E-state index contributed by atoms with van der Waals surface area (Å²) < 4.78 is 0. The molecule has 6 heteroatoms. The lowest BCUT2D eigenvalue weighted by Gasteiger charge is -2.11. The molecule has 2 aromatic carbocycles. The van der Waals surface area contributed by atoms with E-state index in [2.05, 4.69) is 5.32 Å². The van der Waals surface area contributed by atoms with Crippen molar-refractivity contribution in [3.8, 4) is 0 Å². The fraction of sp³-hybridized carbons (Fsp3) is 0. The molecule has 0 saturated carbocycles. The van der Waals surface area contributed by atoms with E-state index in [1.807, 2.05) is 0 Å². The quantitative estimate of drug-likeness (QED) is 0.665. The molecule has 4 nitrogen and oxygen atoms in total. The van der Waals surface area contributed by atoms with Crippen LogP contribution < -0.4 is 10.2 Å². The van der Waals surface area contributed by atoms with E-state index in [9.17, 15) is 9.59 Å². The Morgan fingerprint density at radius 3 is 2.00 bits per heavy atom. The van der Waals surface area contributed by atoms with Crippen LogP contribution in [0.5, 0.6) is 0 Å². The van der Waals surface area contributed by atoms with Crippen LogP contribution in [0.1, 0.15) is 5.56 Å². The molecule has 0 aliphatic carbocycles.